The molecular formula is C22H24ClN4O3+. The number of quaternary nitrogens is 1. The molecule has 4 N–H and O–H groups in total. The summed E-state index contributed by atoms with van der Waals surface area (Å²) >= 11 is 5.98. The Labute approximate surface area is 179 Å². The second kappa shape index (κ2) is 8.45. The van der Waals surface area contributed by atoms with Gasteiger partial charge in [-0.15, -0.1) is 0 Å². The number of anilines is 1. The highest BCUT2D eigenvalue weighted by molar-refractivity contribution is 6.30. The third kappa shape index (κ3) is 4.04. The number of nitrogens with zero attached hydrogens (tertiary/aromatic N) is 1. The summed E-state index contributed by atoms with van der Waals surface area (Å²) < 4.78 is 0. The molecule has 1 saturated heterocycles. The number of nitrogens with two attached hydrogens (primary N) is 1. The molecule has 30 heavy (non-hydrogen) atoms. The maximum atomic E-state index is 13.3. The van der Waals surface area contributed by atoms with Gasteiger partial charge >= 0.3 is 0 Å². The van der Waals surface area contributed by atoms with Crippen LogP contribution in [0.1, 0.15) is 23.2 Å². The summed E-state index contributed by atoms with van der Waals surface area (Å²) in [4.78, 5) is 39.7. The van der Waals surface area contributed by atoms with Gasteiger partial charge in [-0.2, -0.15) is 0 Å². The Kier molecular flexibility index (Phi) is 5.74. The van der Waals surface area contributed by atoms with Crippen LogP contribution < -0.4 is 16.0 Å². The van der Waals surface area contributed by atoms with Gasteiger partial charge in [-0.05, 0) is 48.2 Å². The van der Waals surface area contributed by atoms with Gasteiger partial charge in [0.1, 0.15) is 6.04 Å². The molecule has 2 heterocycles. The van der Waals surface area contributed by atoms with Crippen molar-refractivity contribution in [3.05, 3.63) is 53.1 Å². The monoisotopic (exact) mass is 427 g/mol. The molecule has 1 fully saturated rings. The van der Waals surface area contributed by atoms with E-state index in [1.54, 1.807) is 28.4 Å². The lowest BCUT2D eigenvalue weighted by molar-refractivity contribution is -0.615. The van der Waals surface area contributed by atoms with Crippen molar-refractivity contribution in [2.45, 2.75) is 24.9 Å². The van der Waals surface area contributed by atoms with Crippen molar-refractivity contribution < 1.29 is 19.7 Å². The number of hydrogen-bond acceptors (Lipinski definition) is 3. The fourth-order valence-corrected chi connectivity index (χ4v) is 4.21. The molecule has 0 aromatic heterocycles. The first-order chi connectivity index (χ1) is 14.5. The zero-order valence-electron chi connectivity index (χ0n) is 16.7. The average Bonchev–Trinajstić information content (AvgIpc) is 2.83. The summed E-state index contributed by atoms with van der Waals surface area (Å²) in [5.41, 5.74) is 2.81. The smallest absolute Gasteiger partial charge is 0.275 e. The van der Waals surface area contributed by atoms with E-state index < -0.39 is 6.04 Å². The highest BCUT2D eigenvalue weighted by atomic mass is 35.5. The maximum absolute atomic E-state index is 13.3. The number of nitrogens with one attached hydrogen (secondary N) is 2. The van der Waals surface area contributed by atoms with E-state index >= 15 is 0 Å². The lowest BCUT2D eigenvalue weighted by Gasteiger charge is -2.37. The Balaban J connectivity index is 1.59. The van der Waals surface area contributed by atoms with E-state index in [-0.39, 0.29) is 23.8 Å². The van der Waals surface area contributed by atoms with Crippen LogP contribution in [0.3, 0.4) is 0 Å². The summed E-state index contributed by atoms with van der Waals surface area (Å²) in [6.07, 6.45) is 1.03. The van der Waals surface area contributed by atoms with E-state index in [9.17, 15) is 14.4 Å². The number of benzene rings is 2. The Morgan fingerprint density at radius 2 is 1.93 bits per heavy atom. The molecule has 8 heteroatoms. The zero-order valence-corrected chi connectivity index (χ0v) is 17.4. The fourth-order valence-electron chi connectivity index (χ4n) is 4.08. The minimum Gasteiger partial charge on any atom is -0.348 e. The third-order valence-electron chi connectivity index (χ3n) is 5.61. The molecular weight excluding hydrogens is 404 g/mol. The van der Waals surface area contributed by atoms with Gasteiger partial charge in [-0.25, -0.2) is 0 Å². The van der Waals surface area contributed by atoms with E-state index in [2.05, 4.69) is 10.6 Å². The average molecular weight is 428 g/mol. The topological polar surface area (TPSA) is 95.1 Å². The largest absolute Gasteiger partial charge is 0.348 e. The van der Waals surface area contributed by atoms with E-state index in [0.29, 0.717) is 42.2 Å². The highest BCUT2D eigenvalue weighted by Gasteiger charge is 2.40. The molecule has 4 rings (SSSR count). The standard InChI is InChI=1S/C22H23ClN4O3/c1-24-12-20(28)25-16-8-9-27-19(11-16)21(29)26-18-7-4-14(10-17(18)22(27)30)13-2-5-15(23)6-3-13/h2-7,10,16,19,24H,8-9,11-12H2,1H3,(H,25,28)(H,26,29)/p+1/t16-,19-/m0/s1. The SMILES string of the molecule is C[NH2+]CC(=O)N[C@H]1CCN2C(=O)c3cc(-c4ccc(Cl)cc4)ccc3NC(=O)[C@@H]2C1. The third-order valence-corrected chi connectivity index (χ3v) is 5.86. The number of halogens is 1. The molecule has 3 amide bonds. The molecule has 2 aliphatic heterocycles. The molecule has 0 radical (unpaired) electrons. The van der Waals surface area contributed by atoms with Crippen molar-refractivity contribution >= 4 is 35.0 Å². The highest BCUT2D eigenvalue weighted by Crippen LogP contribution is 2.32. The number of carbonyl (C=O) groups is 3. The van der Waals surface area contributed by atoms with Crippen LogP contribution in [0.2, 0.25) is 5.02 Å². The first-order valence-electron chi connectivity index (χ1n) is 10.1. The fraction of sp³-hybridized carbons (Fsp3) is 0.318. The van der Waals surface area contributed by atoms with Gasteiger partial charge in [0, 0.05) is 17.6 Å². The minimum absolute atomic E-state index is 0.0628. The van der Waals surface area contributed by atoms with Crippen molar-refractivity contribution in [3.8, 4) is 11.1 Å². The van der Waals surface area contributed by atoms with Crippen LogP contribution in [0.15, 0.2) is 42.5 Å². The molecule has 156 valence electrons. The summed E-state index contributed by atoms with van der Waals surface area (Å²) in [7, 11) is 1.83. The molecule has 0 bridgehead atoms. The Bertz CT molecular complexity index is 992. The van der Waals surface area contributed by atoms with Crippen LogP contribution >= 0.6 is 11.6 Å². The summed E-state index contributed by atoms with van der Waals surface area (Å²) in [6, 6.07) is 12.1. The van der Waals surface area contributed by atoms with Gasteiger partial charge in [-0.3, -0.25) is 14.4 Å². The maximum Gasteiger partial charge on any atom is 0.275 e. The number of carbonyl (C=O) groups excluding carboxylic acids is 3. The van der Waals surface area contributed by atoms with E-state index in [1.807, 2.05) is 31.3 Å². The van der Waals surface area contributed by atoms with E-state index in [4.69, 9.17) is 11.6 Å². The lowest BCUT2D eigenvalue weighted by atomic mass is 9.95. The predicted octanol–water partition coefficient (Wildman–Crippen LogP) is 1.24. The lowest BCUT2D eigenvalue weighted by Crippen LogP contribution is -2.82. The number of rotatable bonds is 4. The predicted molar refractivity (Wildman–Crippen MR) is 114 cm³/mol. The van der Waals surface area contributed by atoms with E-state index in [1.165, 1.54) is 0 Å². The molecule has 2 aromatic carbocycles. The van der Waals surface area contributed by atoms with Crippen LogP contribution in [-0.2, 0) is 9.59 Å². The molecule has 0 spiro atoms. The van der Waals surface area contributed by atoms with Crippen LogP contribution in [0, 0.1) is 0 Å². The number of hydrogen-bond donors (Lipinski definition) is 3. The number of fused-ring (bicyclic) bond motifs is 2. The van der Waals surface area contributed by atoms with Gasteiger partial charge in [-0.1, -0.05) is 29.8 Å². The van der Waals surface area contributed by atoms with Crippen LogP contribution in [0.25, 0.3) is 11.1 Å². The summed E-state index contributed by atoms with van der Waals surface area (Å²) in [5.74, 6) is -0.453. The van der Waals surface area contributed by atoms with Gasteiger partial charge in [0.15, 0.2) is 6.54 Å². The Morgan fingerprint density at radius 1 is 1.20 bits per heavy atom. The number of likely N-dealkylation sites (N-methyl/N-ethyl adjacent to an activating group) is 1. The quantitative estimate of drug-likeness (QED) is 0.685. The molecule has 2 aliphatic rings. The van der Waals surface area contributed by atoms with Gasteiger partial charge in [0.2, 0.25) is 5.91 Å². The second-order valence-electron chi connectivity index (χ2n) is 7.67. The minimum atomic E-state index is -0.603. The van der Waals surface area contributed by atoms with Gasteiger partial charge < -0.3 is 20.9 Å². The Hall–Kier alpha value is -2.90. The first kappa shape index (κ1) is 20.4. The van der Waals surface area contributed by atoms with Crippen molar-refractivity contribution in [1.82, 2.24) is 10.2 Å². The zero-order chi connectivity index (χ0) is 21.3. The van der Waals surface area contributed by atoms with Gasteiger partial charge in [0.25, 0.3) is 11.8 Å². The number of piperidine rings is 1. The van der Waals surface area contributed by atoms with Crippen molar-refractivity contribution in [2.75, 3.05) is 25.5 Å². The van der Waals surface area contributed by atoms with Crippen molar-refractivity contribution in [1.29, 1.82) is 0 Å². The van der Waals surface area contributed by atoms with Crippen molar-refractivity contribution in [3.63, 3.8) is 0 Å². The van der Waals surface area contributed by atoms with Gasteiger partial charge in [0.05, 0.1) is 18.3 Å². The van der Waals surface area contributed by atoms with Crippen LogP contribution in [-0.4, -0.2) is 54.8 Å². The molecule has 0 aliphatic carbocycles. The van der Waals surface area contributed by atoms with Crippen LogP contribution in [0.4, 0.5) is 5.69 Å². The first-order valence-corrected chi connectivity index (χ1v) is 10.4. The van der Waals surface area contributed by atoms with E-state index in [0.717, 1.165) is 11.1 Å². The molecule has 7 nitrogen and oxygen atoms in total. The Morgan fingerprint density at radius 3 is 2.67 bits per heavy atom. The molecule has 2 atom stereocenters. The second-order valence-corrected chi connectivity index (χ2v) is 8.11. The summed E-state index contributed by atoms with van der Waals surface area (Å²) in [5, 5.41) is 8.30. The molecule has 2 aromatic rings. The van der Waals surface area contributed by atoms with Crippen molar-refractivity contribution in [2.24, 2.45) is 0 Å². The summed E-state index contributed by atoms with van der Waals surface area (Å²) in [6.45, 7) is 0.761. The number of amides is 3. The molecule has 0 saturated carbocycles. The normalized spacial score (nSPS) is 20.7. The van der Waals surface area contributed by atoms with Crippen LogP contribution in [0.5, 0.6) is 0 Å². The molecule has 0 unspecified atom stereocenters.